The Bertz CT molecular complexity index is 454. The average molecular weight is 633 g/mol. The third-order valence-electron chi connectivity index (χ3n) is 7.99. The van der Waals surface area contributed by atoms with E-state index in [1.54, 1.807) is 0 Å². The van der Waals surface area contributed by atoms with Crippen LogP contribution < -0.4 is 0 Å². The van der Waals surface area contributed by atoms with E-state index in [4.69, 9.17) is 10.2 Å². The Kier molecular flexibility index (Phi) is 45.5. The Morgan fingerprint density at radius 2 is 0.463 bits per heavy atom. The minimum atomic E-state index is -0.653. The number of carboxylic acid groups (broad SMARTS) is 2. The standard InChI is InChI=1S/2C18H36O2.Cu/c2*1-2-3-4-5-6-7-8-9-10-11-12-13-14-15-16-17-18(19)20;/h2*2-17H2,1H3,(H,19,20);. The smallest absolute Gasteiger partial charge is 0.303 e. The molecule has 0 aliphatic rings. The summed E-state index contributed by atoms with van der Waals surface area (Å²) in [4.78, 5) is 20.7. The molecule has 0 spiro atoms. The van der Waals surface area contributed by atoms with Crippen LogP contribution in [0.5, 0.6) is 0 Å². The Balaban J connectivity index is -0.000000688. The van der Waals surface area contributed by atoms with Gasteiger partial charge in [-0.1, -0.05) is 194 Å². The number of hydrogen-bond donors (Lipinski definition) is 2. The Labute approximate surface area is 267 Å². The van der Waals surface area contributed by atoms with Crippen molar-refractivity contribution in [2.75, 3.05) is 0 Å². The van der Waals surface area contributed by atoms with E-state index in [0.717, 1.165) is 25.7 Å². The van der Waals surface area contributed by atoms with Crippen molar-refractivity contribution in [1.82, 2.24) is 0 Å². The monoisotopic (exact) mass is 631 g/mol. The van der Waals surface area contributed by atoms with E-state index in [-0.39, 0.29) is 17.1 Å². The number of hydrogen-bond acceptors (Lipinski definition) is 2. The van der Waals surface area contributed by atoms with Gasteiger partial charge >= 0.3 is 11.9 Å². The van der Waals surface area contributed by atoms with E-state index in [9.17, 15) is 9.59 Å². The summed E-state index contributed by atoms with van der Waals surface area (Å²) in [6.07, 6.45) is 40.4. The van der Waals surface area contributed by atoms with Gasteiger partial charge in [0.05, 0.1) is 0 Å². The molecule has 0 aliphatic carbocycles. The first kappa shape index (κ1) is 44.9. The molecule has 0 rings (SSSR count). The first-order chi connectivity index (χ1) is 19.5. The van der Waals surface area contributed by atoms with Crippen molar-refractivity contribution < 1.29 is 36.9 Å². The van der Waals surface area contributed by atoms with Crippen LogP contribution in [0.4, 0.5) is 0 Å². The van der Waals surface area contributed by atoms with Gasteiger partial charge in [0.1, 0.15) is 0 Å². The van der Waals surface area contributed by atoms with Gasteiger partial charge in [0, 0.05) is 29.9 Å². The fourth-order valence-electron chi connectivity index (χ4n) is 5.30. The first-order valence-corrected chi connectivity index (χ1v) is 18.0. The van der Waals surface area contributed by atoms with Crippen LogP contribution in [-0.2, 0) is 26.7 Å². The molecule has 0 heterocycles. The van der Waals surface area contributed by atoms with Crippen molar-refractivity contribution >= 4 is 11.9 Å². The van der Waals surface area contributed by atoms with E-state index in [1.165, 1.54) is 167 Å². The third kappa shape index (κ3) is 49.5. The summed E-state index contributed by atoms with van der Waals surface area (Å²) in [7, 11) is 0. The summed E-state index contributed by atoms with van der Waals surface area (Å²) in [6.45, 7) is 4.54. The summed E-state index contributed by atoms with van der Waals surface area (Å²) >= 11 is 0. The van der Waals surface area contributed by atoms with Crippen molar-refractivity contribution in [2.24, 2.45) is 0 Å². The maximum absolute atomic E-state index is 10.3. The van der Waals surface area contributed by atoms with Crippen LogP contribution in [0.1, 0.15) is 219 Å². The Morgan fingerprint density at radius 3 is 0.610 bits per heavy atom. The van der Waals surface area contributed by atoms with Crippen molar-refractivity contribution in [3.05, 3.63) is 0 Å². The quantitative estimate of drug-likeness (QED) is 0.0572. The SMILES string of the molecule is CCCCCCCCCCCCCCCCCC(=O)O.CCCCCCCCCCCCCCCCCC(=O)O.[Cu]. The molecule has 0 unspecified atom stereocenters. The minimum absolute atomic E-state index is 0. The molecule has 2 N–H and O–H groups in total. The zero-order valence-corrected chi connectivity index (χ0v) is 28.6. The molecule has 5 heteroatoms. The summed E-state index contributed by atoms with van der Waals surface area (Å²) in [5, 5.41) is 17.0. The molecule has 4 nitrogen and oxygen atoms in total. The molecule has 0 aliphatic heterocycles. The number of aliphatic carboxylic acids is 2. The van der Waals surface area contributed by atoms with Crippen molar-refractivity contribution in [3.63, 3.8) is 0 Å². The van der Waals surface area contributed by atoms with Crippen LogP contribution in [0.15, 0.2) is 0 Å². The molecule has 0 saturated carbocycles. The zero-order valence-electron chi connectivity index (χ0n) is 27.6. The van der Waals surface area contributed by atoms with Gasteiger partial charge in [0.2, 0.25) is 0 Å². The second kappa shape index (κ2) is 41.6. The molecule has 0 saturated heterocycles. The molecule has 0 aromatic carbocycles. The van der Waals surface area contributed by atoms with Gasteiger partial charge < -0.3 is 10.2 Å². The Hall–Kier alpha value is -0.541. The number of carboxylic acids is 2. The molecule has 1 radical (unpaired) electrons. The van der Waals surface area contributed by atoms with Gasteiger partial charge in [-0.2, -0.15) is 0 Å². The predicted molar refractivity (Wildman–Crippen MR) is 174 cm³/mol. The van der Waals surface area contributed by atoms with E-state index in [2.05, 4.69) is 13.8 Å². The molecular formula is C36H72CuO4. The molecule has 0 aromatic rings. The van der Waals surface area contributed by atoms with Crippen LogP contribution in [0.2, 0.25) is 0 Å². The average Bonchev–Trinajstić information content (AvgIpc) is 2.93. The number of unbranched alkanes of at least 4 members (excludes halogenated alkanes) is 28. The number of carbonyl (C=O) groups is 2. The van der Waals surface area contributed by atoms with E-state index >= 15 is 0 Å². The molecule has 0 aromatic heterocycles. The van der Waals surface area contributed by atoms with Gasteiger partial charge in [0.25, 0.3) is 0 Å². The fourth-order valence-corrected chi connectivity index (χ4v) is 5.30. The van der Waals surface area contributed by atoms with Gasteiger partial charge in [0.15, 0.2) is 0 Å². The van der Waals surface area contributed by atoms with Crippen LogP contribution in [0.3, 0.4) is 0 Å². The first-order valence-electron chi connectivity index (χ1n) is 18.0. The Morgan fingerprint density at radius 1 is 0.317 bits per heavy atom. The van der Waals surface area contributed by atoms with Crippen LogP contribution >= 0.6 is 0 Å². The van der Waals surface area contributed by atoms with Crippen molar-refractivity contribution in [3.8, 4) is 0 Å². The topological polar surface area (TPSA) is 74.6 Å². The molecule has 41 heavy (non-hydrogen) atoms. The summed E-state index contributed by atoms with van der Waals surface area (Å²) in [5.41, 5.74) is 0. The van der Waals surface area contributed by atoms with E-state index in [0.29, 0.717) is 12.8 Å². The fraction of sp³-hybridized carbons (Fsp3) is 0.944. The van der Waals surface area contributed by atoms with Gasteiger partial charge in [-0.25, -0.2) is 0 Å². The van der Waals surface area contributed by atoms with Crippen molar-refractivity contribution in [1.29, 1.82) is 0 Å². The van der Waals surface area contributed by atoms with Gasteiger partial charge in [-0.05, 0) is 12.8 Å². The van der Waals surface area contributed by atoms with Gasteiger partial charge in [-0.15, -0.1) is 0 Å². The van der Waals surface area contributed by atoms with Crippen LogP contribution in [0.25, 0.3) is 0 Å². The third-order valence-corrected chi connectivity index (χ3v) is 7.99. The number of rotatable bonds is 32. The second-order valence-corrected chi connectivity index (χ2v) is 12.2. The minimum Gasteiger partial charge on any atom is -0.481 e. The molecule has 0 fully saturated rings. The summed E-state index contributed by atoms with van der Waals surface area (Å²) in [5.74, 6) is -1.31. The normalized spacial score (nSPS) is 10.6. The molecular weight excluding hydrogens is 560 g/mol. The maximum Gasteiger partial charge on any atom is 0.303 e. The largest absolute Gasteiger partial charge is 0.481 e. The van der Waals surface area contributed by atoms with Crippen LogP contribution in [-0.4, -0.2) is 22.2 Å². The summed E-state index contributed by atoms with van der Waals surface area (Å²) < 4.78 is 0. The molecule has 0 amide bonds. The van der Waals surface area contributed by atoms with Crippen LogP contribution in [0, 0.1) is 0 Å². The summed E-state index contributed by atoms with van der Waals surface area (Å²) in [6, 6.07) is 0. The molecule has 0 bridgehead atoms. The van der Waals surface area contributed by atoms with Crippen molar-refractivity contribution in [2.45, 2.75) is 219 Å². The van der Waals surface area contributed by atoms with E-state index in [1.807, 2.05) is 0 Å². The molecule has 0 atom stereocenters. The predicted octanol–water partition coefficient (Wildman–Crippen LogP) is 12.7. The maximum atomic E-state index is 10.3. The van der Waals surface area contributed by atoms with Gasteiger partial charge in [-0.3, -0.25) is 9.59 Å². The second-order valence-electron chi connectivity index (χ2n) is 12.2. The zero-order chi connectivity index (χ0) is 29.8. The van der Waals surface area contributed by atoms with E-state index < -0.39 is 11.9 Å². The molecule has 251 valence electrons.